The monoisotopic (exact) mass is 108 g/mol. The molecule has 0 fully saturated rings. The summed E-state index contributed by atoms with van der Waals surface area (Å²) in [4.78, 5) is 15.2. The topological polar surface area (TPSA) is 48.6 Å². The summed E-state index contributed by atoms with van der Waals surface area (Å²) in [7, 11) is 5.17. The SMILES string of the molecule is [B]Cc1c[nH]c(=O)[nH]1. The second kappa shape index (κ2) is 1.90. The van der Waals surface area contributed by atoms with Gasteiger partial charge in [-0.05, 0) is 6.32 Å². The predicted molar refractivity (Wildman–Crippen MR) is 30.9 cm³/mol. The normalized spacial score (nSPS) is 9.50. The Morgan fingerprint density at radius 1 is 1.75 bits per heavy atom. The van der Waals surface area contributed by atoms with Crippen LogP contribution in [-0.4, -0.2) is 17.8 Å². The van der Waals surface area contributed by atoms with Crippen LogP contribution in [0.5, 0.6) is 0 Å². The van der Waals surface area contributed by atoms with Crippen LogP contribution in [0.15, 0.2) is 11.0 Å². The molecule has 1 rings (SSSR count). The van der Waals surface area contributed by atoms with E-state index in [1.165, 1.54) is 0 Å². The maximum absolute atomic E-state index is 10.3. The highest BCUT2D eigenvalue weighted by molar-refractivity contribution is 6.08. The van der Waals surface area contributed by atoms with Gasteiger partial charge in [0, 0.05) is 11.9 Å². The number of nitrogens with one attached hydrogen (secondary N) is 2. The molecule has 0 aliphatic heterocycles. The van der Waals surface area contributed by atoms with Crippen LogP contribution in [0.2, 0.25) is 0 Å². The van der Waals surface area contributed by atoms with Crippen LogP contribution >= 0.6 is 0 Å². The van der Waals surface area contributed by atoms with Crippen LogP contribution in [0.3, 0.4) is 0 Å². The molecule has 4 heteroatoms. The maximum atomic E-state index is 10.3. The van der Waals surface area contributed by atoms with Gasteiger partial charge in [-0.3, -0.25) is 0 Å². The molecule has 0 amide bonds. The van der Waals surface area contributed by atoms with E-state index in [4.69, 9.17) is 7.85 Å². The summed E-state index contributed by atoms with van der Waals surface area (Å²) in [5.41, 5.74) is 0.528. The van der Waals surface area contributed by atoms with Crippen molar-refractivity contribution in [2.75, 3.05) is 0 Å². The maximum Gasteiger partial charge on any atom is 0.323 e. The molecule has 0 aliphatic carbocycles. The van der Waals surface area contributed by atoms with Crippen molar-refractivity contribution >= 4 is 7.85 Å². The zero-order valence-electron chi connectivity index (χ0n) is 4.27. The summed E-state index contributed by atoms with van der Waals surface area (Å²) in [6, 6.07) is 0. The number of aromatic amines is 2. The van der Waals surface area contributed by atoms with Gasteiger partial charge in [0.15, 0.2) is 0 Å². The van der Waals surface area contributed by atoms with Crippen molar-refractivity contribution in [2.24, 2.45) is 0 Å². The third-order valence-corrected chi connectivity index (χ3v) is 0.871. The molecule has 2 N–H and O–H groups in total. The first-order valence-electron chi connectivity index (χ1n) is 2.29. The van der Waals surface area contributed by atoms with Gasteiger partial charge >= 0.3 is 5.69 Å². The van der Waals surface area contributed by atoms with Crippen molar-refractivity contribution in [1.82, 2.24) is 9.97 Å². The highest BCUT2D eigenvalue weighted by Gasteiger charge is 1.87. The lowest BCUT2D eigenvalue weighted by molar-refractivity contribution is 1.15. The average molecular weight is 108 g/mol. The first-order valence-corrected chi connectivity index (χ1v) is 2.29. The molecule has 1 aromatic rings. The van der Waals surface area contributed by atoms with E-state index in [0.29, 0.717) is 6.32 Å². The van der Waals surface area contributed by atoms with Crippen LogP contribution in [0.4, 0.5) is 0 Å². The van der Waals surface area contributed by atoms with Gasteiger partial charge in [-0.2, -0.15) is 0 Å². The van der Waals surface area contributed by atoms with Gasteiger partial charge in [0.1, 0.15) is 0 Å². The Morgan fingerprint density at radius 2 is 2.50 bits per heavy atom. The minimum atomic E-state index is -0.203. The molecule has 3 nitrogen and oxygen atoms in total. The summed E-state index contributed by atoms with van der Waals surface area (Å²) < 4.78 is 0. The third kappa shape index (κ3) is 0.830. The van der Waals surface area contributed by atoms with Gasteiger partial charge in [0.2, 0.25) is 0 Å². The summed E-state index contributed by atoms with van der Waals surface area (Å²) >= 11 is 0. The fourth-order valence-corrected chi connectivity index (χ4v) is 0.481. The van der Waals surface area contributed by atoms with Crippen LogP contribution in [-0.2, 0) is 6.32 Å². The molecule has 8 heavy (non-hydrogen) atoms. The summed E-state index contributed by atoms with van der Waals surface area (Å²) in [5.74, 6) is 0. The van der Waals surface area contributed by atoms with E-state index in [0.717, 1.165) is 5.69 Å². The molecule has 0 atom stereocenters. The van der Waals surface area contributed by atoms with Crippen molar-refractivity contribution in [3.8, 4) is 0 Å². The largest absolute Gasteiger partial charge is 0.323 e. The fourth-order valence-electron chi connectivity index (χ4n) is 0.481. The molecular formula is C4H5BN2O. The lowest BCUT2D eigenvalue weighted by Crippen LogP contribution is -2.00. The lowest BCUT2D eigenvalue weighted by atomic mass is 10.0. The average Bonchev–Trinajstić information content (AvgIpc) is 2.14. The van der Waals surface area contributed by atoms with E-state index in [2.05, 4.69) is 9.97 Å². The molecule has 0 saturated carbocycles. The molecule has 0 aliphatic rings. The molecule has 0 bridgehead atoms. The van der Waals surface area contributed by atoms with Crippen molar-refractivity contribution < 1.29 is 0 Å². The molecule has 1 heterocycles. The number of H-pyrrole nitrogens is 2. The Hall–Kier alpha value is -0.925. The highest BCUT2D eigenvalue weighted by atomic mass is 16.1. The quantitative estimate of drug-likeness (QED) is 0.462. The van der Waals surface area contributed by atoms with E-state index in [1.54, 1.807) is 6.20 Å². The first kappa shape index (κ1) is 5.22. The second-order valence-corrected chi connectivity index (χ2v) is 1.47. The van der Waals surface area contributed by atoms with Gasteiger partial charge in [-0.15, -0.1) is 0 Å². The van der Waals surface area contributed by atoms with Crippen LogP contribution in [0.1, 0.15) is 5.69 Å². The van der Waals surface area contributed by atoms with Crippen molar-refractivity contribution in [2.45, 2.75) is 6.32 Å². The Kier molecular flexibility index (Phi) is 1.24. The van der Waals surface area contributed by atoms with Gasteiger partial charge < -0.3 is 9.97 Å². The predicted octanol–water partition coefficient (Wildman–Crippen LogP) is -0.629. The Morgan fingerprint density at radius 3 is 2.75 bits per heavy atom. The number of rotatable bonds is 1. The van der Waals surface area contributed by atoms with Gasteiger partial charge in [0.25, 0.3) is 0 Å². The second-order valence-electron chi connectivity index (χ2n) is 1.47. The third-order valence-electron chi connectivity index (χ3n) is 0.871. The Labute approximate surface area is 47.5 Å². The fraction of sp³-hybridized carbons (Fsp3) is 0.250. The van der Waals surface area contributed by atoms with Gasteiger partial charge in [-0.25, -0.2) is 4.79 Å². The van der Waals surface area contributed by atoms with Crippen LogP contribution in [0, 0.1) is 0 Å². The molecule has 40 valence electrons. The van der Waals surface area contributed by atoms with Gasteiger partial charge in [0.05, 0.1) is 7.85 Å². The number of aromatic nitrogens is 2. The highest BCUT2D eigenvalue weighted by Crippen LogP contribution is 1.81. The number of hydrogen-bond donors (Lipinski definition) is 2. The molecule has 0 aromatic carbocycles. The Bertz CT molecular complexity index is 214. The van der Waals surface area contributed by atoms with Gasteiger partial charge in [-0.1, -0.05) is 0 Å². The molecule has 0 unspecified atom stereocenters. The van der Waals surface area contributed by atoms with Crippen molar-refractivity contribution in [3.63, 3.8) is 0 Å². The van der Waals surface area contributed by atoms with E-state index < -0.39 is 0 Å². The molecule has 0 saturated heterocycles. The molecular weight excluding hydrogens is 103 g/mol. The van der Waals surface area contributed by atoms with Crippen LogP contribution < -0.4 is 5.69 Å². The minimum Gasteiger partial charge on any atom is -0.313 e. The Balaban J connectivity index is 3.01. The van der Waals surface area contributed by atoms with E-state index in [-0.39, 0.29) is 5.69 Å². The molecule has 0 spiro atoms. The molecule has 1 aromatic heterocycles. The van der Waals surface area contributed by atoms with Crippen molar-refractivity contribution in [1.29, 1.82) is 0 Å². The number of hydrogen-bond acceptors (Lipinski definition) is 1. The first-order chi connectivity index (χ1) is 3.83. The summed E-state index contributed by atoms with van der Waals surface area (Å²) in [6.45, 7) is 0. The summed E-state index contributed by atoms with van der Waals surface area (Å²) in [5, 5.41) is 0. The zero-order chi connectivity index (χ0) is 5.98. The van der Waals surface area contributed by atoms with Crippen LogP contribution in [0.25, 0.3) is 0 Å². The zero-order valence-corrected chi connectivity index (χ0v) is 4.27. The number of imidazole rings is 1. The minimum absolute atomic E-state index is 0.203. The van der Waals surface area contributed by atoms with E-state index >= 15 is 0 Å². The summed E-state index contributed by atoms with van der Waals surface area (Å²) in [6.07, 6.45) is 1.93. The standard InChI is InChI=1S/C4H5BN2O/c5-1-3-2-6-4(8)7-3/h2H,1H2,(H2,6,7,8). The molecule has 2 radical (unpaired) electrons. The van der Waals surface area contributed by atoms with E-state index in [9.17, 15) is 4.79 Å². The van der Waals surface area contributed by atoms with Crippen molar-refractivity contribution in [3.05, 3.63) is 22.4 Å². The smallest absolute Gasteiger partial charge is 0.313 e. The lowest BCUT2D eigenvalue weighted by Gasteiger charge is -1.79. The van der Waals surface area contributed by atoms with E-state index in [1.807, 2.05) is 0 Å².